The topological polar surface area (TPSA) is 99.8 Å². The highest BCUT2D eigenvalue weighted by molar-refractivity contribution is 4.92. The van der Waals surface area contributed by atoms with E-state index in [2.05, 4.69) is 0 Å². The van der Waals surface area contributed by atoms with Crippen molar-refractivity contribution in [3.8, 4) is 0 Å². The first-order chi connectivity index (χ1) is 4.05. The van der Waals surface area contributed by atoms with E-state index in [9.17, 15) is 0 Å². The summed E-state index contributed by atoms with van der Waals surface area (Å²) in [5, 5.41) is 0. The quantitative estimate of drug-likeness (QED) is 0.295. The minimum atomic E-state index is -1.26. The molecular formula is C4H11N3O2. The van der Waals surface area contributed by atoms with Crippen LogP contribution in [0.25, 0.3) is 0 Å². The van der Waals surface area contributed by atoms with Crippen LogP contribution in [0.4, 0.5) is 0 Å². The standard InChI is InChI=1S/C4H11N3O2/c1-8-3-2(9-3)4(5,6)7/h2-3H,5-7H2,1H3. The lowest BCUT2D eigenvalue weighted by atomic mass is 10.3. The van der Waals surface area contributed by atoms with Gasteiger partial charge in [0.15, 0.2) is 12.4 Å². The van der Waals surface area contributed by atoms with Gasteiger partial charge in [0.2, 0.25) is 0 Å². The first-order valence-electron chi connectivity index (χ1n) is 2.60. The molecule has 1 rings (SSSR count). The van der Waals surface area contributed by atoms with Crippen molar-refractivity contribution in [3.05, 3.63) is 0 Å². The molecule has 1 fully saturated rings. The van der Waals surface area contributed by atoms with Crippen LogP contribution < -0.4 is 17.2 Å². The maximum Gasteiger partial charge on any atom is 0.188 e. The Morgan fingerprint density at radius 2 is 2.00 bits per heavy atom. The van der Waals surface area contributed by atoms with E-state index in [1.165, 1.54) is 7.11 Å². The van der Waals surface area contributed by atoms with Gasteiger partial charge in [-0.25, -0.2) is 0 Å². The summed E-state index contributed by atoms with van der Waals surface area (Å²) in [5.41, 5.74) is 15.8. The minimum Gasteiger partial charge on any atom is -0.353 e. The predicted molar refractivity (Wildman–Crippen MR) is 31.0 cm³/mol. The molecular weight excluding hydrogens is 122 g/mol. The Labute approximate surface area is 53.1 Å². The highest BCUT2D eigenvalue weighted by atomic mass is 16.8. The summed E-state index contributed by atoms with van der Waals surface area (Å²) in [5.74, 6) is -1.26. The number of hydrogen-bond donors (Lipinski definition) is 3. The lowest BCUT2D eigenvalue weighted by molar-refractivity contribution is 0.0950. The van der Waals surface area contributed by atoms with Crippen LogP contribution in [-0.4, -0.2) is 25.3 Å². The molecule has 0 saturated carbocycles. The molecule has 2 unspecified atom stereocenters. The van der Waals surface area contributed by atoms with E-state index in [0.717, 1.165) is 0 Å². The fourth-order valence-corrected chi connectivity index (χ4v) is 0.632. The van der Waals surface area contributed by atoms with E-state index in [1.54, 1.807) is 0 Å². The maximum atomic E-state index is 5.26. The molecule has 0 bridgehead atoms. The van der Waals surface area contributed by atoms with Gasteiger partial charge >= 0.3 is 0 Å². The molecule has 6 N–H and O–H groups in total. The molecule has 1 heterocycles. The molecule has 5 heteroatoms. The molecule has 1 aliphatic heterocycles. The van der Waals surface area contributed by atoms with Crippen molar-refractivity contribution in [1.29, 1.82) is 0 Å². The van der Waals surface area contributed by atoms with Crippen LogP contribution in [0, 0.1) is 0 Å². The summed E-state index contributed by atoms with van der Waals surface area (Å²) in [7, 11) is 1.51. The molecule has 1 saturated heterocycles. The van der Waals surface area contributed by atoms with Gasteiger partial charge in [-0.05, 0) is 0 Å². The summed E-state index contributed by atoms with van der Waals surface area (Å²) in [4.78, 5) is 0. The number of epoxide rings is 1. The van der Waals surface area contributed by atoms with E-state index in [-0.39, 0.29) is 12.4 Å². The van der Waals surface area contributed by atoms with Crippen molar-refractivity contribution in [2.24, 2.45) is 17.2 Å². The molecule has 0 aromatic heterocycles. The van der Waals surface area contributed by atoms with Crippen LogP contribution in [0.3, 0.4) is 0 Å². The second-order valence-corrected chi connectivity index (χ2v) is 2.16. The first kappa shape index (κ1) is 6.91. The highest BCUT2D eigenvalue weighted by Crippen LogP contribution is 2.25. The predicted octanol–water partition coefficient (Wildman–Crippen LogP) is -2.11. The summed E-state index contributed by atoms with van der Waals surface area (Å²) in [6.07, 6.45) is -0.674. The average molecular weight is 133 g/mol. The van der Waals surface area contributed by atoms with Crippen molar-refractivity contribution >= 4 is 0 Å². The van der Waals surface area contributed by atoms with E-state index >= 15 is 0 Å². The monoisotopic (exact) mass is 133 g/mol. The Kier molecular flexibility index (Phi) is 1.45. The molecule has 0 amide bonds. The Hall–Kier alpha value is -0.200. The fraction of sp³-hybridized carbons (Fsp3) is 1.00. The summed E-state index contributed by atoms with van der Waals surface area (Å²) in [6, 6.07) is 0. The van der Waals surface area contributed by atoms with Crippen LogP contribution in [0.5, 0.6) is 0 Å². The van der Waals surface area contributed by atoms with E-state index in [0.29, 0.717) is 0 Å². The zero-order chi connectivity index (χ0) is 7.07. The van der Waals surface area contributed by atoms with Crippen molar-refractivity contribution in [3.63, 3.8) is 0 Å². The average Bonchev–Trinajstić information content (AvgIpc) is 2.39. The summed E-state index contributed by atoms with van der Waals surface area (Å²) >= 11 is 0. The smallest absolute Gasteiger partial charge is 0.188 e. The largest absolute Gasteiger partial charge is 0.353 e. The van der Waals surface area contributed by atoms with E-state index < -0.39 is 5.79 Å². The molecule has 0 aromatic rings. The summed E-state index contributed by atoms with van der Waals surface area (Å²) in [6.45, 7) is 0. The van der Waals surface area contributed by atoms with Crippen LogP contribution in [0.2, 0.25) is 0 Å². The van der Waals surface area contributed by atoms with E-state index in [4.69, 9.17) is 26.7 Å². The third kappa shape index (κ3) is 1.38. The van der Waals surface area contributed by atoms with Crippen molar-refractivity contribution in [2.45, 2.75) is 18.2 Å². The van der Waals surface area contributed by atoms with Gasteiger partial charge in [0.05, 0.1) is 0 Å². The van der Waals surface area contributed by atoms with Gasteiger partial charge in [0.25, 0.3) is 0 Å². The molecule has 0 spiro atoms. The van der Waals surface area contributed by atoms with Crippen LogP contribution in [0.1, 0.15) is 0 Å². The molecule has 0 aromatic carbocycles. The molecule has 9 heavy (non-hydrogen) atoms. The first-order valence-corrected chi connectivity index (χ1v) is 2.60. The number of ether oxygens (including phenoxy) is 2. The normalized spacial score (nSPS) is 34.7. The minimum absolute atomic E-state index is 0.315. The zero-order valence-electron chi connectivity index (χ0n) is 5.20. The van der Waals surface area contributed by atoms with Gasteiger partial charge in [-0.2, -0.15) is 0 Å². The second kappa shape index (κ2) is 1.89. The molecule has 54 valence electrons. The lowest BCUT2D eigenvalue weighted by Gasteiger charge is -2.13. The summed E-state index contributed by atoms with van der Waals surface area (Å²) < 4.78 is 9.57. The van der Waals surface area contributed by atoms with Gasteiger partial charge < -0.3 is 9.47 Å². The molecule has 0 aliphatic carbocycles. The Balaban J connectivity index is 2.33. The van der Waals surface area contributed by atoms with Crippen LogP contribution in [-0.2, 0) is 9.47 Å². The van der Waals surface area contributed by atoms with Gasteiger partial charge in [0, 0.05) is 7.11 Å². The number of nitrogens with two attached hydrogens (primary N) is 3. The molecule has 0 radical (unpaired) electrons. The lowest BCUT2D eigenvalue weighted by Crippen LogP contribution is -2.63. The maximum absolute atomic E-state index is 5.26. The van der Waals surface area contributed by atoms with Gasteiger partial charge in [-0.3, -0.25) is 17.2 Å². The van der Waals surface area contributed by atoms with Crippen molar-refractivity contribution < 1.29 is 9.47 Å². The van der Waals surface area contributed by atoms with Gasteiger partial charge in [-0.15, -0.1) is 0 Å². The number of hydrogen-bond acceptors (Lipinski definition) is 5. The second-order valence-electron chi connectivity index (χ2n) is 2.16. The van der Waals surface area contributed by atoms with Gasteiger partial charge in [-0.1, -0.05) is 0 Å². The third-order valence-corrected chi connectivity index (χ3v) is 1.18. The highest BCUT2D eigenvalue weighted by Gasteiger charge is 2.49. The van der Waals surface area contributed by atoms with Crippen molar-refractivity contribution in [2.75, 3.05) is 7.11 Å². The number of rotatable bonds is 2. The Bertz CT molecular complexity index is 111. The number of methoxy groups -OCH3 is 1. The molecule has 2 atom stereocenters. The van der Waals surface area contributed by atoms with E-state index in [1.807, 2.05) is 0 Å². The Morgan fingerprint density at radius 3 is 2.11 bits per heavy atom. The third-order valence-electron chi connectivity index (χ3n) is 1.18. The van der Waals surface area contributed by atoms with Crippen LogP contribution >= 0.6 is 0 Å². The van der Waals surface area contributed by atoms with Gasteiger partial charge in [0.1, 0.15) is 5.79 Å². The zero-order valence-corrected chi connectivity index (χ0v) is 5.20. The Morgan fingerprint density at radius 1 is 1.44 bits per heavy atom. The molecule has 5 nitrogen and oxygen atoms in total. The fourth-order valence-electron chi connectivity index (χ4n) is 0.632. The van der Waals surface area contributed by atoms with Crippen LogP contribution in [0.15, 0.2) is 0 Å². The SMILES string of the molecule is COC1OC1C(N)(N)N. The van der Waals surface area contributed by atoms with Crippen molar-refractivity contribution in [1.82, 2.24) is 0 Å². The molecule has 1 aliphatic rings.